The first-order valence-electron chi connectivity index (χ1n) is 5.07. The molecule has 6 nitrogen and oxygen atoms in total. The number of rotatable bonds is 3. The van der Waals surface area contributed by atoms with Crippen molar-refractivity contribution in [3.63, 3.8) is 0 Å². The van der Waals surface area contributed by atoms with Crippen LogP contribution >= 0.6 is 0 Å². The summed E-state index contributed by atoms with van der Waals surface area (Å²) in [5, 5.41) is 17.9. The Labute approximate surface area is 98.0 Å². The second-order valence-corrected chi connectivity index (χ2v) is 3.81. The molecule has 17 heavy (non-hydrogen) atoms. The molecule has 1 N–H and O–H groups in total. The molecule has 1 heterocycles. The van der Waals surface area contributed by atoms with E-state index in [0.29, 0.717) is 5.69 Å². The Bertz CT molecular complexity index is 562. The molecule has 0 spiro atoms. The van der Waals surface area contributed by atoms with Crippen LogP contribution in [0.25, 0.3) is 0 Å². The quantitative estimate of drug-likeness (QED) is 0.651. The van der Waals surface area contributed by atoms with Gasteiger partial charge in [-0.1, -0.05) is 6.07 Å². The highest BCUT2D eigenvalue weighted by Gasteiger charge is 2.13. The molecule has 0 amide bonds. The predicted octanol–water partition coefficient (Wildman–Crippen LogP) is 2.38. The zero-order valence-electron chi connectivity index (χ0n) is 9.54. The third-order valence-corrected chi connectivity index (χ3v) is 2.33. The summed E-state index contributed by atoms with van der Waals surface area (Å²) in [5.41, 5.74) is 2.21. The van der Waals surface area contributed by atoms with E-state index in [0.717, 1.165) is 11.3 Å². The zero-order chi connectivity index (χ0) is 12.4. The van der Waals surface area contributed by atoms with Gasteiger partial charge in [-0.3, -0.25) is 14.8 Å². The lowest BCUT2D eigenvalue weighted by atomic mass is 10.2. The highest BCUT2D eigenvalue weighted by atomic mass is 16.6. The van der Waals surface area contributed by atoms with Crippen LogP contribution in [0.4, 0.5) is 17.1 Å². The van der Waals surface area contributed by atoms with Crippen LogP contribution in [0.15, 0.2) is 30.6 Å². The van der Waals surface area contributed by atoms with Gasteiger partial charge in [-0.25, -0.2) is 0 Å². The van der Waals surface area contributed by atoms with Crippen molar-refractivity contribution in [1.82, 2.24) is 9.78 Å². The van der Waals surface area contributed by atoms with Gasteiger partial charge >= 0.3 is 0 Å². The number of nitro groups is 1. The van der Waals surface area contributed by atoms with E-state index < -0.39 is 4.92 Å². The van der Waals surface area contributed by atoms with Crippen LogP contribution in [0.5, 0.6) is 0 Å². The van der Waals surface area contributed by atoms with Gasteiger partial charge in [-0.2, -0.15) is 5.10 Å². The fourth-order valence-electron chi connectivity index (χ4n) is 1.55. The fraction of sp³-hybridized carbons (Fsp3) is 0.182. The number of hydrogen-bond donors (Lipinski definition) is 1. The van der Waals surface area contributed by atoms with E-state index in [1.165, 1.54) is 6.07 Å². The monoisotopic (exact) mass is 232 g/mol. The van der Waals surface area contributed by atoms with Crippen molar-refractivity contribution in [2.75, 3.05) is 5.32 Å². The molecule has 2 rings (SSSR count). The van der Waals surface area contributed by atoms with E-state index in [9.17, 15) is 10.1 Å². The molecule has 0 atom stereocenters. The number of nitro benzene ring substituents is 1. The molecule has 0 unspecified atom stereocenters. The number of aromatic nitrogens is 2. The Kier molecular flexibility index (Phi) is 2.78. The third kappa shape index (κ3) is 2.41. The van der Waals surface area contributed by atoms with Gasteiger partial charge in [0, 0.05) is 19.3 Å². The SMILES string of the molecule is Cc1ccc([N+](=O)[O-])c(Nc2cnn(C)c2)c1. The summed E-state index contributed by atoms with van der Waals surface area (Å²) in [4.78, 5) is 10.5. The molecule has 0 aliphatic heterocycles. The van der Waals surface area contributed by atoms with E-state index in [2.05, 4.69) is 10.4 Å². The van der Waals surface area contributed by atoms with Crippen LogP contribution in [-0.4, -0.2) is 14.7 Å². The summed E-state index contributed by atoms with van der Waals surface area (Å²) >= 11 is 0. The highest BCUT2D eigenvalue weighted by molar-refractivity contribution is 5.69. The summed E-state index contributed by atoms with van der Waals surface area (Å²) in [6, 6.07) is 4.95. The fourth-order valence-corrected chi connectivity index (χ4v) is 1.55. The molecular formula is C11H12N4O2. The summed E-state index contributed by atoms with van der Waals surface area (Å²) < 4.78 is 1.63. The molecule has 0 aliphatic carbocycles. The molecule has 2 aromatic rings. The normalized spacial score (nSPS) is 10.2. The van der Waals surface area contributed by atoms with E-state index in [1.807, 2.05) is 6.92 Å². The van der Waals surface area contributed by atoms with Crippen molar-refractivity contribution in [1.29, 1.82) is 0 Å². The lowest BCUT2D eigenvalue weighted by molar-refractivity contribution is -0.383. The largest absolute Gasteiger partial charge is 0.347 e. The summed E-state index contributed by atoms with van der Waals surface area (Å²) in [6.45, 7) is 1.89. The molecule has 1 aromatic heterocycles. The van der Waals surface area contributed by atoms with Gasteiger partial charge in [0.25, 0.3) is 5.69 Å². The van der Waals surface area contributed by atoms with Crippen molar-refractivity contribution < 1.29 is 4.92 Å². The molecule has 0 bridgehead atoms. The lowest BCUT2D eigenvalue weighted by Gasteiger charge is -2.05. The first-order valence-corrected chi connectivity index (χ1v) is 5.07. The molecule has 0 saturated carbocycles. The van der Waals surface area contributed by atoms with Gasteiger partial charge in [0.1, 0.15) is 5.69 Å². The minimum atomic E-state index is -0.405. The van der Waals surface area contributed by atoms with Crippen LogP contribution < -0.4 is 5.32 Å². The molecule has 0 fully saturated rings. The van der Waals surface area contributed by atoms with E-state index >= 15 is 0 Å². The number of hydrogen-bond acceptors (Lipinski definition) is 4. The second-order valence-electron chi connectivity index (χ2n) is 3.81. The van der Waals surface area contributed by atoms with Crippen molar-refractivity contribution in [3.8, 4) is 0 Å². The molecular weight excluding hydrogens is 220 g/mol. The zero-order valence-corrected chi connectivity index (χ0v) is 9.54. The van der Waals surface area contributed by atoms with Crippen LogP contribution in [0.1, 0.15) is 5.56 Å². The van der Waals surface area contributed by atoms with Gasteiger partial charge in [0.05, 0.1) is 16.8 Å². The predicted molar refractivity (Wildman–Crippen MR) is 64.3 cm³/mol. The molecule has 0 aliphatic rings. The first kappa shape index (κ1) is 11.1. The Hall–Kier alpha value is -2.37. The van der Waals surface area contributed by atoms with E-state index in [1.54, 1.807) is 36.3 Å². The van der Waals surface area contributed by atoms with Crippen molar-refractivity contribution in [2.45, 2.75) is 6.92 Å². The highest BCUT2D eigenvalue weighted by Crippen LogP contribution is 2.28. The van der Waals surface area contributed by atoms with Gasteiger partial charge in [-0.15, -0.1) is 0 Å². The van der Waals surface area contributed by atoms with Crippen LogP contribution in [0, 0.1) is 17.0 Å². The number of nitrogens with zero attached hydrogens (tertiary/aromatic N) is 3. The van der Waals surface area contributed by atoms with E-state index in [4.69, 9.17) is 0 Å². The third-order valence-electron chi connectivity index (χ3n) is 2.33. The molecule has 88 valence electrons. The van der Waals surface area contributed by atoms with Gasteiger partial charge in [0.15, 0.2) is 0 Å². The molecule has 6 heteroatoms. The lowest BCUT2D eigenvalue weighted by Crippen LogP contribution is -1.96. The minimum absolute atomic E-state index is 0.0550. The minimum Gasteiger partial charge on any atom is -0.347 e. The van der Waals surface area contributed by atoms with Crippen LogP contribution in [0.2, 0.25) is 0 Å². The van der Waals surface area contributed by atoms with Crippen LogP contribution in [0.3, 0.4) is 0 Å². The van der Waals surface area contributed by atoms with Crippen molar-refractivity contribution >= 4 is 17.1 Å². The smallest absolute Gasteiger partial charge is 0.292 e. The molecule has 0 saturated heterocycles. The number of aryl methyl sites for hydroxylation is 2. The van der Waals surface area contributed by atoms with Crippen molar-refractivity contribution in [2.24, 2.45) is 7.05 Å². The first-order chi connectivity index (χ1) is 8.06. The summed E-state index contributed by atoms with van der Waals surface area (Å²) in [7, 11) is 1.79. The average Bonchev–Trinajstić information content (AvgIpc) is 2.63. The Morgan fingerprint density at radius 2 is 2.24 bits per heavy atom. The Morgan fingerprint density at radius 1 is 1.47 bits per heavy atom. The Morgan fingerprint density at radius 3 is 2.82 bits per heavy atom. The molecule has 0 radical (unpaired) electrons. The standard InChI is InChI=1S/C11H12N4O2/c1-8-3-4-11(15(16)17)10(5-8)13-9-6-12-14(2)7-9/h3-7,13H,1-2H3. The average molecular weight is 232 g/mol. The maximum atomic E-state index is 10.9. The van der Waals surface area contributed by atoms with E-state index in [-0.39, 0.29) is 5.69 Å². The van der Waals surface area contributed by atoms with Gasteiger partial charge in [-0.05, 0) is 18.6 Å². The maximum absolute atomic E-state index is 10.9. The van der Waals surface area contributed by atoms with Crippen molar-refractivity contribution in [3.05, 3.63) is 46.3 Å². The van der Waals surface area contributed by atoms with Gasteiger partial charge < -0.3 is 5.32 Å². The molecule has 1 aromatic carbocycles. The number of benzene rings is 1. The number of anilines is 2. The van der Waals surface area contributed by atoms with Gasteiger partial charge in [0.2, 0.25) is 0 Å². The maximum Gasteiger partial charge on any atom is 0.292 e. The summed E-state index contributed by atoms with van der Waals surface area (Å²) in [6.07, 6.45) is 3.37. The Balaban J connectivity index is 2.37. The topological polar surface area (TPSA) is 73.0 Å². The summed E-state index contributed by atoms with van der Waals surface area (Å²) in [5.74, 6) is 0. The van der Waals surface area contributed by atoms with Crippen LogP contribution in [-0.2, 0) is 7.05 Å². The number of nitrogens with one attached hydrogen (secondary N) is 1. The second kappa shape index (κ2) is 4.25.